The molecule has 3 aromatic carbocycles. The lowest BCUT2D eigenvalue weighted by molar-refractivity contribution is -0.111. The number of anilines is 1. The van der Waals surface area contributed by atoms with Crippen LogP contribution in [0.25, 0.3) is 6.08 Å². The first-order valence-electron chi connectivity index (χ1n) is 9.79. The Bertz CT molecular complexity index is 1140. The molecule has 3 rings (SSSR count). The summed E-state index contributed by atoms with van der Waals surface area (Å²) in [5.74, 6) is -1.97. The molecule has 0 bridgehead atoms. The number of carbonyl (C=O) groups excluding carboxylic acids is 3. The Morgan fingerprint density at radius 3 is 2.25 bits per heavy atom. The highest BCUT2D eigenvalue weighted by Crippen LogP contribution is 2.17. The molecule has 0 radical (unpaired) electrons. The summed E-state index contributed by atoms with van der Waals surface area (Å²) in [4.78, 5) is 35.8. The van der Waals surface area contributed by atoms with E-state index in [1.807, 2.05) is 0 Å². The molecule has 32 heavy (non-hydrogen) atoms. The number of carbonyl (C=O) groups is 3. The van der Waals surface area contributed by atoms with E-state index in [1.54, 1.807) is 67.6 Å². The van der Waals surface area contributed by atoms with Gasteiger partial charge in [-0.05, 0) is 67.1 Å². The molecule has 6 nitrogen and oxygen atoms in total. The number of nitrogens with one attached hydrogen (secondary N) is 1. The Labute approximate surface area is 184 Å². The van der Waals surface area contributed by atoms with E-state index in [1.165, 1.54) is 24.3 Å². The van der Waals surface area contributed by atoms with Gasteiger partial charge in [-0.15, -0.1) is 0 Å². The SMILES string of the molecule is CCOC(=O)c1ccc(NC(=O)/C=C/c2ccc(OC(=O)c3ccccc3F)cc2)cc1. The summed E-state index contributed by atoms with van der Waals surface area (Å²) in [6.07, 6.45) is 2.93. The van der Waals surface area contributed by atoms with Crippen molar-refractivity contribution in [3.05, 3.63) is 101 Å². The quantitative estimate of drug-likeness (QED) is 0.327. The molecule has 0 aromatic heterocycles. The normalized spacial score (nSPS) is 10.6. The molecule has 0 saturated carbocycles. The number of amides is 1. The fourth-order valence-electron chi connectivity index (χ4n) is 2.70. The monoisotopic (exact) mass is 433 g/mol. The van der Waals surface area contributed by atoms with Gasteiger partial charge in [0.25, 0.3) is 0 Å². The Morgan fingerprint density at radius 2 is 1.59 bits per heavy atom. The van der Waals surface area contributed by atoms with Crippen LogP contribution in [0.2, 0.25) is 0 Å². The third-order valence-electron chi connectivity index (χ3n) is 4.28. The minimum atomic E-state index is -0.792. The van der Waals surface area contributed by atoms with E-state index in [2.05, 4.69) is 5.32 Å². The van der Waals surface area contributed by atoms with E-state index in [0.717, 1.165) is 0 Å². The molecule has 0 unspecified atom stereocenters. The van der Waals surface area contributed by atoms with Crippen LogP contribution in [-0.2, 0) is 9.53 Å². The van der Waals surface area contributed by atoms with Gasteiger partial charge in [0.2, 0.25) is 5.91 Å². The van der Waals surface area contributed by atoms with Gasteiger partial charge in [-0.25, -0.2) is 14.0 Å². The van der Waals surface area contributed by atoms with Crippen molar-refractivity contribution in [1.29, 1.82) is 0 Å². The molecule has 0 saturated heterocycles. The summed E-state index contributed by atoms with van der Waals surface area (Å²) in [7, 11) is 0. The number of ether oxygens (including phenoxy) is 2. The number of hydrogen-bond acceptors (Lipinski definition) is 5. The number of benzene rings is 3. The van der Waals surface area contributed by atoms with Crippen molar-refractivity contribution in [2.75, 3.05) is 11.9 Å². The first-order valence-corrected chi connectivity index (χ1v) is 9.79. The number of rotatable bonds is 7. The number of esters is 2. The molecule has 7 heteroatoms. The molecule has 0 aliphatic carbocycles. The summed E-state index contributed by atoms with van der Waals surface area (Å²) in [6.45, 7) is 2.02. The molecule has 0 spiro atoms. The van der Waals surface area contributed by atoms with Crippen LogP contribution in [0, 0.1) is 5.82 Å². The standard InChI is InChI=1S/C25H20FNO5/c1-2-31-24(29)18-10-12-19(13-11-18)27-23(28)16-9-17-7-14-20(15-8-17)32-25(30)21-5-3-4-6-22(21)26/h3-16H,2H2,1H3,(H,27,28)/b16-9+. The average Bonchev–Trinajstić information content (AvgIpc) is 2.79. The van der Waals surface area contributed by atoms with Gasteiger partial charge in [-0.2, -0.15) is 0 Å². The molecule has 0 atom stereocenters. The van der Waals surface area contributed by atoms with Crippen molar-refractivity contribution in [1.82, 2.24) is 0 Å². The Hall–Kier alpha value is -4.26. The van der Waals surface area contributed by atoms with E-state index < -0.39 is 17.8 Å². The van der Waals surface area contributed by atoms with Gasteiger partial charge >= 0.3 is 11.9 Å². The lowest BCUT2D eigenvalue weighted by atomic mass is 10.2. The van der Waals surface area contributed by atoms with Gasteiger partial charge < -0.3 is 14.8 Å². The summed E-state index contributed by atoms with van der Waals surface area (Å²) in [6, 6.07) is 18.3. The first kappa shape index (κ1) is 22.4. The van der Waals surface area contributed by atoms with Crippen LogP contribution in [-0.4, -0.2) is 24.5 Å². The molecule has 0 aliphatic heterocycles. The van der Waals surface area contributed by atoms with E-state index in [9.17, 15) is 18.8 Å². The second-order valence-electron chi connectivity index (χ2n) is 6.56. The Balaban J connectivity index is 1.55. The highest BCUT2D eigenvalue weighted by molar-refractivity contribution is 6.02. The molecule has 0 aliphatic rings. The summed E-state index contributed by atoms with van der Waals surface area (Å²) in [5, 5.41) is 2.69. The third-order valence-corrected chi connectivity index (χ3v) is 4.28. The van der Waals surface area contributed by atoms with Gasteiger partial charge in [0.05, 0.1) is 17.7 Å². The Kier molecular flexibility index (Phi) is 7.48. The molecule has 0 heterocycles. The maximum Gasteiger partial charge on any atom is 0.346 e. The highest BCUT2D eigenvalue weighted by Gasteiger charge is 2.13. The minimum absolute atomic E-state index is 0.150. The smallest absolute Gasteiger partial charge is 0.346 e. The van der Waals surface area contributed by atoms with Crippen molar-refractivity contribution in [2.24, 2.45) is 0 Å². The zero-order valence-electron chi connectivity index (χ0n) is 17.2. The van der Waals surface area contributed by atoms with Crippen LogP contribution in [0.5, 0.6) is 5.75 Å². The molecule has 1 amide bonds. The van der Waals surface area contributed by atoms with Crippen LogP contribution in [0.1, 0.15) is 33.2 Å². The van der Waals surface area contributed by atoms with Gasteiger partial charge in [-0.1, -0.05) is 24.3 Å². The van der Waals surface area contributed by atoms with Crippen molar-refractivity contribution < 1.29 is 28.2 Å². The first-order chi connectivity index (χ1) is 15.5. The highest BCUT2D eigenvalue weighted by atomic mass is 19.1. The fourth-order valence-corrected chi connectivity index (χ4v) is 2.70. The number of halogens is 1. The van der Waals surface area contributed by atoms with E-state index in [4.69, 9.17) is 9.47 Å². The van der Waals surface area contributed by atoms with Gasteiger partial charge in [0.1, 0.15) is 11.6 Å². The molecule has 162 valence electrons. The predicted molar refractivity (Wildman–Crippen MR) is 118 cm³/mol. The average molecular weight is 433 g/mol. The van der Waals surface area contributed by atoms with Crippen LogP contribution in [0.15, 0.2) is 78.9 Å². The maximum atomic E-state index is 13.7. The van der Waals surface area contributed by atoms with Gasteiger partial charge in [-0.3, -0.25) is 4.79 Å². The maximum absolute atomic E-state index is 13.7. The predicted octanol–water partition coefficient (Wildman–Crippen LogP) is 4.87. The van der Waals surface area contributed by atoms with Crippen molar-refractivity contribution in [3.63, 3.8) is 0 Å². The van der Waals surface area contributed by atoms with E-state index in [-0.39, 0.29) is 23.8 Å². The third kappa shape index (κ3) is 6.12. The molecule has 0 fully saturated rings. The zero-order chi connectivity index (χ0) is 22.9. The molecule has 3 aromatic rings. The molecular formula is C25H20FNO5. The van der Waals surface area contributed by atoms with Crippen molar-refractivity contribution in [3.8, 4) is 5.75 Å². The minimum Gasteiger partial charge on any atom is -0.462 e. The molecular weight excluding hydrogens is 413 g/mol. The van der Waals surface area contributed by atoms with Crippen LogP contribution >= 0.6 is 0 Å². The number of hydrogen-bond donors (Lipinski definition) is 1. The largest absolute Gasteiger partial charge is 0.462 e. The second kappa shape index (κ2) is 10.7. The van der Waals surface area contributed by atoms with Crippen LogP contribution in [0.4, 0.5) is 10.1 Å². The van der Waals surface area contributed by atoms with Crippen molar-refractivity contribution in [2.45, 2.75) is 6.92 Å². The van der Waals surface area contributed by atoms with E-state index >= 15 is 0 Å². The topological polar surface area (TPSA) is 81.7 Å². The second-order valence-corrected chi connectivity index (χ2v) is 6.56. The van der Waals surface area contributed by atoms with Crippen LogP contribution in [0.3, 0.4) is 0 Å². The summed E-state index contributed by atoms with van der Waals surface area (Å²) in [5.41, 5.74) is 1.48. The summed E-state index contributed by atoms with van der Waals surface area (Å²) < 4.78 is 23.7. The summed E-state index contributed by atoms with van der Waals surface area (Å²) >= 11 is 0. The van der Waals surface area contributed by atoms with Gasteiger partial charge in [0.15, 0.2) is 0 Å². The molecule has 1 N–H and O–H groups in total. The lowest BCUT2D eigenvalue weighted by Crippen LogP contribution is -2.10. The zero-order valence-corrected chi connectivity index (χ0v) is 17.2. The van der Waals surface area contributed by atoms with E-state index in [0.29, 0.717) is 16.8 Å². The Morgan fingerprint density at radius 1 is 0.906 bits per heavy atom. The lowest BCUT2D eigenvalue weighted by Gasteiger charge is -2.06. The fraction of sp³-hybridized carbons (Fsp3) is 0.0800. The van der Waals surface area contributed by atoms with Crippen LogP contribution < -0.4 is 10.1 Å². The van der Waals surface area contributed by atoms with Gasteiger partial charge in [0, 0.05) is 11.8 Å². The van der Waals surface area contributed by atoms with Crippen molar-refractivity contribution >= 4 is 29.6 Å².